The van der Waals surface area contributed by atoms with Gasteiger partial charge in [-0.25, -0.2) is 9.97 Å². The third kappa shape index (κ3) is 2.38. The van der Waals surface area contributed by atoms with Gasteiger partial charge in [0.15, 0.2) is 5.03 Å². The standard InChI is InChI=1S/C8H9N5O2S/c1-5-10-7(12(2)3)6(13(14)15)8(11-5)16-4-9/h1-3H3. The number of thiocyanates is 1. The Kier molecular flexibility index (Phi) is 3.63. The fraction of sp³-hybridized carbons (Fsp3) is 0.375. The summed E-state index contributed by atoms with van der Waals surface area (Å²) in [5, 5.41) is 21.3. The third-order valence-corrected chi connectivity index (χ3v) is 2.26. The summed E-state index contributed by atoms with van der Waals surface area (Å²) in [6.07, 6.45) is 0. The van der Waals surface area contributed by atoms with Gasteiger partial charge in [0.2, 0.25) is 5.82 Å². The number of nitrogens with zero attached hydrogens (tertiary/aromatic N) is 5. The molecule has 0 amide bonds. The van der Waals surface area contributed by atoms with E-state index in [1.165, 1.54) is 4.90 Å². The molecule has 0 aliphatic carbocycles. The molecule has 7 nitrogen and oxygen atoms in total. The zero-order chi connectivity index (χ0) is 12.3. The van der Waals surface area contributed by atoms with Crippen LogP contribution in [0, 0.1) is 27.7 Å². The molecule has 16 heavy (non-hydrogen) atoms. The lowest BCUT2D eigenvalue weighted by molar-refractivity contribution is -0.387. The minimum atomic E-state index is -0.575. The summed E-state index contributed by atoms with van der Waals surface area (Å²) in [7, 11) is 3.30. The molecule has 0 saturated heterocycles. The normalized spacial score (nSPS) is 9.62. The Labute approximate surface area is 96.3 Å². The summed E-state index contributed by atoms with van der Waals surface area (Å²) in [6.45, 7) is 1.62. The Morgan fingerprint density at radius 3 is 2.56 bits per heavy atom. The average molecular weight is 239 g/mol. The summed E-state index contributed by atoms with van der Waals surface area (Å²) in [4.78, 5) is 19.7. The van der Waals surface area contributed by atoms with Crippen molar-refractivity contribution >= 4 is 23.3 Å². The van der Waals surface area contributed by atoms with Crippen molar-refractivity contribution in [3.05, 3.63) is 15.9 Å². The molecule has 8 heteroatoms. The molecule has 0 saturated carbocycles. The number of hydrogen-bond acceptors (Lipinski definition) is 7. The number of aromatic nitrogens is 2. The number of hydrogen-bond donors (Lipinski definition) is 0. The Hall–Kier alpha value is -1.88. The van der Waals surface area contributed by atoms with Crippen molar-refractivity contribution in [2.75, 3.05) is 19.0 Å². The second kappa shape index (κ2) is 4.76. The maximum Gasteiger partial charge on any atom is 0.344 e. The molecule has 0 N–H and O–H groups in total. The molecule has 0 bridgehead atoms. The van der Waals surface area contributed by atoms with Crippen LogP contribution >= 0.6 is 11.8 Å². The van der Waals surface area contributed by atoms with Gasteiger partial charge in [-0.15, -0.1) is 0 Å². The molecular formula is C8H9N5O2S. The van der Waals surface area contributed by atoms with E-state index >= 15 is 0 Å². The van der Waals surface area contributed by atoms with Crippen LogP contribution in [0.15, 0.2) is 5.03 Å². The van der Waals surface area contributed by atoms with E-state index in [1.807, 2.05) is 0 Å². The summed E-state index contributed by atoms with van der Waals surface area (Å²) in [6, 6.07) is 0. The van der Waals surface area contributed by atoms with Crippen LogP contribution in [0.3, 0.4) is 0 Å². The van der Waals surface area contributed by atoms with Crippen LogP contribution in [-0.2, 0) is 0 Å². The lowest BCUT2D eigenvalue weighted by atomic mass is 10.4. The van der Waals surface area contributed by atoms with Crippen LogP contribution in [0.2, 0.25) is 0 Å². The highest BCUT2D eigenvalue weighted by Crippen LogP contribution is 2.33. The highest BCUT2D eigenvalue weighted by molar-refractivity contribution is 8.03. The van der Waals surface area contributed by atoms with E-state index in [0.29, 0.717) is 17.6 Å². The topological polar surface area (TPSA) is 95.9 Å². The Morgan fingerprint density at radius 1 is 1.50 bits per heavy atom. The van der Waals surface area contributed by atoms with Crippen LogP contribution in [0.5, 0.6) is 0 Å². The molecule has 0 fully saturated rings. The van der Waals surface area contributed by atoms with Crippen LogP contribution in [-0.4, -0.2) is 29.0 Å². The first-order chi connectivity index (χ1) is 7.47. The molecule has 1 aromatic heterocycles. The summed E-state index contributed by atoms with van der Waals surface area (Å²) in [5.41, 5.74) is -0.234. The zero-order valence-electron chi connectivity index (χ0n) is 8.96. The number of aryl methyl sites for hydroxylation is 1. The van der Waals surface area contributed by atoms with Crippen molar-refractivity contribution in [2.24, 2.45) is 0 Å². The monoisotopic (exact) mass is 239 g/mol. The van der Waals surface area contributed by atoms with E-state index in [4.69, 9.17) is 5.26 Å². The van der Waals surface area contributed by atoms with Gasteiger partial charge in [0, 0.05) is 25.9 Å². The maximum absolute atomic E-state index is 10.9. The van der Waals surface area contributed by atoms with Crippen LogP contribution in [0.1, 0.15) is 5.82 Å². The van der Waals surface area contributed by atoms with Gasteiger partial charge in [0.05, 0.1) is 4.92 Å². The van der Waals surface area contributed by atoms with E-state index in [2.05, 4.69) is 9.97 Å². The summed E-state index contributed by atoms with van der Waals surface area (Å²) >= 11 is 0.662. The number of rotatable bonds is 3. The molecule has 0 aliphatic heterocycles. The van der Waals surface area contributed by atoms with E-state index in [0.717, 1.165) is 0 Å². The van der Waals surface area contributed by atoms with E-state index < -0.39 is 4.92 Å². The van der Waals surface area contributed by atoms with Gasteiger partial charge in [-0.2, -0.15) is 5.26 Å². The molecule has 1 rings (SSSR count). The van der Waals surface area contributed by atoms with Crippen molar-refractivity contribution in [2.45, 2.75) is 11.9 Å². The highest BCUT2D eigenvalue weighted by Gasteiger charge is 2.25. The predicted molar refractivity (Wildman–Crippen MR) is 59.2 cm³/mol. The van der Waals surface area contributed by atoms with E-state index in [1.54, 1.807) is 26.4 Å². The Balaban J connectivity index is 3.48. The second-order valence-corrected chi connectivity index (χ2v) is 3.87. The van der Waals surface area contributed by atoms with Crippen molar-refractivity contribution in [3.63, 3.8) is 0 Å². The first-order valence-electron chi connectivity index (χ1n) is 4.23. The van der Waals surface area contributed by atoms with Gasteiger partial charge in [-0.05, 0) is 6.92 Å². The first-order valence-corrected chi connectivity index (χ1v) is 5.05. The lowest BCUT2D eigenvalue weighted by Gasteiger charge is -2.12. The minimum absolute atomic E-state index is 0.0729. The molecule has 1 heterocycles. The minimum Gasteiger partial charge on any atom is -0.357 e. The van der Waals surface area contributed by atoms with Crippen molar-refractivity contribution in [1.29, 1.82) is 5.26 Å². The van der Waals surface area contributed by atoms with Gasteiger partial charge in [-0.3, -0.25) is 10.1 Å². The summed E-state index contributed by atoms with van der Waals surface area (Å²) < 4.78 is 0. The lowest BCUT2D eigenvalue weighted by Crippen LogP contribution is -2.15. The fourth-order valence-electron chi connectivity index (χ4n) is 1.11. The van der Waals surface area contributed by atoms with Gasteiger partial charge in [-0.1, -0.05) is 0 Å². The smallest absolute Gasteiger partial charge is 0.344 e. The first kappa shape index (κ1) is 12.2. The van der Waals surface area contributed by atoms with Gasteiger partial charge < -0.3 is 4.90 Å². The summed E-state index contributed by atoms with van der Waals surface area (Å²) in [5.74, 6) is 0.599. The van der Waals surface area contributed by atoms with Crippen LogP contribution < -0.4 is 4.90 Å². The number of thioether (sulfide) groups is 1. The molecule has 0 aliphatic rings. The maximum atomic E-state index is 10.9. The van der Waals surface area contributed by atoms with Gasteiger partial charge in [0.25, 0.3) is 0 Å². The Morgan fingerprint density at radius 2 is 2.12 bits per heavy atom. The van der Waals surface area contributed by atoms with Gasteiger partial charge >= 0.3 is 5.69 Å². The average Bonchev–Trinajstić information content (AvgIpc) is 2.16. The fourth-order valence-corrected chi connectivity index (χ4v) is 1.64. The number of nitriles is 1. The van der Waals surface area contributed by atoms with Crippen molar-refractivity contribution in [3.8, 4) is 5.40 Å². The molecular weight excluding hydrogens is 230 g/mol. The van der Waals surface area contributed by atoms with Crippen LogP contribution in [0.4, 0.5) is 11.5 Å². The number of nitro groups is 1. The molecule has 0 atom stereocenters. The van der Waals surface area contributed by atoms with Gasteiger partial charge in [0.1, 0.15) is 11.2 Å². The van der Waals surface area contributed by atoms with Crippen molar-refractivity contribution < 1.29 is 4.92 Å². The third-order valence-electron chi connectivity index (χ3n) is 1.69. The predicted octanol–water partition coefficient (Wildman–Crippen LogP) is 1.33. The van der Waals surface area contributed by atoms with E-state index in [9.17, 15) is 10.1 Å². The number of anilines is 1. The largest absolute Gasteiger partial charge is 0.357 e. The quantitative estimate of drug-likeness (QED) is 0.258. The molecule has 0 aromatic carbocycles. The van der Waals surface area contributed by atoms with Crippen LogP contribution in [0.25, 0.3) is 0 Å². The van der Waals surface area contributed by atoms with E-state index in [-0.39, 0.29) is 16.5 Å². The molecule has 0 radical (unpaired) electrons. The van der Waals surface area contributed by atoms with Crippen molar-refractivity contribution in [1.82, 2.24) is 9.97 Å². The molecule has 0 spiro atoms. The second-order valence-electron chi connectivity index (χ2n) is 3.09. The SMILES string of the molecule is Cc1nc(SC#N)c([N+](=O)[O-])c(N(C)C)n1. The molecule has 1 aromatic rings. The zero-order valence-corrected chi connectivity index (χ0v) is 9.78. The Bertz CT molecular complexity index is 468. The highest BCUT2D eigenvalue weighted by atomic mass is 32.2. The molecule has 0 unspecified atom stereocenters. The molecule has 84 valence electrons.